The smallest absolute Gasteiger partial charge is 0.319 e. The van der Waals surface area contributed by atoms with Crippen molar-refractivity contribution in [2.24, 2.45) is 0 Å². The van der Waals surface area contributed by atoms with Crippen LogP contribution in [0.25, 0.3) is 11.3 Å². The Morgan fingerprint density at radius 3 is 2.38 bits per heavy atom. The molecule has 2 heterocycles. The number of rotatable bonds is 3. The molecule has 132 valence electrons. The summed E-state index contributed by atoms with van der Waals surface area (Å²) < 4.78 is 38.4. The van der Waals surface area contributed by atoms with E-state index in [-0.39, 0.29) is 10.8 Å². The number of anilines is 1. The van der Waals surface area contributed by atoms with E-state index in [1.165, 1.54) is 30.5 Å². The Balaban J connectivity index is 1.81. The van der Waals surface area contributed by atoms with Crippen LogP contribution in [-0.4, -0.2) is 15.9 Å². The molecular weight excluding hydrogens is 367 g/mol. The Bertz CT molecular complexity index is 943. The maximum absolute atomic E-state index is 12.8. The molecule has 4 nitrogen and oxygen atoms in total. The molecule has 0 radical (unpaired) electrons. The van der Waals surface area contributed by atoms with Crippen molar-refractivity contribution in [2.75, 3.05) is 5.32 Å². The van der Waals surface area contributed by atoms with Crippen molar-refractivity contribution < 1.29 is 18.0 Å². The highest BCUT2D eigenvalue weighted by Crippen LogP contribution is 2.31. The van der Waals surface area contributed by atoms with Crippen molar-refractivity contribution >= 4 is 23.2 Å². The third-order valence-corrected chi connectivity index (χ3v) is 3.84. The quantitative estimate of drug-likeness (QED) is 0.648. The van der Waals surface area contributed by atoms with Gasteiger partial charge in [-0.1, -0.05) is 23.7 Å². The van der Waals surface area contributed by atoms with E-state index < -0.39 is 17.6 Å². The average molecular weight is 378 g/mol. The van der Waals surface area contributed by atoms with Crippen molar-refractivity contribution in [2.45, 2.75) is 6.18 Å². The van der Waals surface area contributed by atoms with E-state index in [9.17, 15) is 18.0 Å². The predicted molar refractivity (Wildman–Crippen MR) is 91.9 cm³/mol. The van der Waals surface area contributed by atoms with Crippen LogP contribution in [-0.2, 0) is 6.18 Å². The number of alkyl halides is 3. The third-order valence-electron chi connectivity index (χ3n) is 3.54. The largest absolute Gasteiger partial charge is 0.416 e. The number of carbonyl (C=O) groups excluding carboxylic acids is 1. The number of nitrogens with zero attached hydrogens (tertiary/aromatic N) is 2. The van der Waals surface area contributed by atoms with Gasteiger partial charge in [0.05, 0.1) is 16.9 Å². The molecule has 3 rings (SSSR count). The molecule has 0 saturated heterocycles. The van der Waals surface area contributed by atoms with Crippen LogP contribution in [0.3, 0.4) is 0 Å². The van der Waals surface area contributed by atoms with Crippen molar-refractivity contribution in [3.63, 3.8) is 0 Å². The highest BCUT2D eigenvalue weighted by molar-refractivity contribution is 6.32. The second-order valence-electron chi connectivity index (χ2n) is 5.30. The van der Waals surface area contributed by atoms with Gasteiger partial charge in [0.1, 0.15) is 0 Å². The van der Waals surface area contributed by atoms with Gasteiger partial charge in [0.15, 0.2) is 5.15 Å². The van der Waals surface area contributed by atoms with E-state index in [1.54, 1.807) is 12.1 Å². The maximum Gasteiger partial charge on any atom is 0.416 e. The minimum Gasteiger partial charge on any atom is -0.319 e. The molecule has 0 aliphatic carbocycles. The standard InChI is InChI=1S/C18H11ClF3N3O/c19-16-14(2-1-8-24-16)25-17(26)12-5-3-11(4-6-12)15-10-13(7-9-23-15)18(20,21)22/h1-10H,(H,25,26). The van der Waals surface area contributed by atoms with E-state index in [4.69, 9.17) is 11.6 Å². The Hall–Kier alpha value is -2.93. The molecule has 2 aromatic heterocycles. The summed E-state index contributed by atoms with van der Waals surface area (Å²) in [5.74, 6) is -0.413. The average Bonchev–Trinajstić information content (AvgIpc) is 2.63. The SMILES string of the molecule is O=C(Nc1cccnc1Cl)c1ccc(-c2cc(C(F)(F)F)ccn2)cc1. The number of halogens is 4. The Morgan fingerprint density at radius 2 is 1.73 bits per heavy atom. The van der Waals surface area contributed by atoms with Crippen molar-refractivity contribution in [1.29, 1.82) is 0 Å². The lowest BCUT2D eigenvalue weighted by Gasteiger charge is -2.09. The number of hydrogen-bond acceptors (Lipinski definition) is 3. The summed E-state index contributed by atoms with van der Waals surface area (Å²) in [4.78, 5) is 20.0. The summed E-state index contributed by atoms with van der Waals surface area (Å²) in [6.45, 7) is 0. The molecular formula is C18H11ClF3N3O. The highest BCUT2D eigenvalue weighted by Gasteiger charge is 2.30. The Morgan fingerprint density at radius 1 is 1.00 bits per heavy atom. The lowest BCUT2D eigenvalue weighted by molar-refractivity contribution is -0.137. The first-order valence-corrected chi connectivity index (χ1v) is 7.78. The van der Waals surface area contributed by atoms with Gasteiger partial charge in [-0.3, -0.25) is 9.78 Å². The predicted octanol–water partition coefficient (Wildman–Crippen LogP) is 5.07. The molecule has 0 unspecified atom stereocenters. The first-order valence-electron chi connectivity index (χ1n) is 7.40. The number of amides is 1. The normalized spacial score (nSPS) is 11.2. The molecule has 26 heavy (non-hydrogen) atoms. The molecule has 0 spiro atoms. The minimum atomic E-state index is -4.44. The van der Waals surface area contributed by atoms with Crippen LogP contribution < -0.4 is 5.32 Å². The zero-order valence-corrected chi connectivity index (χ0v) is 13.8. The van der Waals surface area contributed by atoms with E-state index >= 15 is 0 Å². The minimum absolute atomic E-state index is 0.158. The summed E-state index contributed by atoms with van der Waals surface area (Å²) in [5.41, 5.74) is 0.535. The van der Waals surface area contributed by atoms with Crippen LogP contribution in [0.5, 0.6) is 0 Å². The molecule has 1 aromatic carbocycles. The number of hydrogen-bond donors (Lipinski definition) is 1. The van der Waals surface area contributed by atoms with Gasteiger partial charge in [-0.25, -0.2) is 4.98 Å². The van der Waals surface area contributed by atoms with Gasteiger partial charge < -0.3 is 5.32 Å². The van der Waals surface area contributed by atoms with E-state index in [2.05, 4.69) is 15.3 Å². The van der Waals surface area contributed by atoms with Gasteiger partial charge in [-0.05, 0) is 36.4 Å². The van der Waals surface area contributed by atoms with Gasteiger partial charge in [0.2, 0.25) is 0 Å². The molecule has 1 N–H and O–H groups in total. The monoisotopic (exact) mass is 377 g/mol. The van der Waals surface area contributed by atoms with E-state index in [0.717, 1.165) is 18.3 Å². The molecule has 0 aliphatic rings. The van der Waals surface area contributed by atoms with E-state index in [0.29, 0.717) is 16.8 Å². The fourth-order valence-electron chi connectivity index (χ4n) is 2.23. The molecule has 0 atom stereocenters. The van der Waals surface area contributed by atoms with Gasteiger partial charge in [0.25, 0.3) is 5.91 Å². The lowest BCUT2D eigenvalue weighted by atomic mass is 10.1. The van der Waals surface area contributed by atoms with Gasteiger partial charge in [0, 0.05) is 23.5 Å². The zero-order valence-electron chi connectivity index (χ0n) is 13.1. The summed E-state index contributed by atoms with van der Waals surface area (Å²) in [6.07, 6.45) is -1.85. The number of aromatic nitrogens is 2. The molecule has 0 bridgehead atoms. The number of benzene rings is 1. The fraction of sp³-hybridized carbons (Fsp3) is 0.0556. The molecule has 3 aromatic rings. The van der Waals surface area contributed by atoms with Crippen LogP contribution in [0.1, 0.15) is 15.9 Å². The van der Waals surface area contributed by atoms with Crippen LogP contribution in [0, 0.1) is 0 Å². The molecule has 1 amide bonds. The summed E-state index contributed by atoms with van der Waals surface area (Å²) in [7, 11) is 0. The van der Waals surface area contributed by atoms with Crippen LogP contribution in [0.2, 0.25) is 5.15 Å². The topological polar surface area (TPSA) is 54.9 Å². The number of pyridine rings is 2. The van der Waals surface area contributed by atoms with Crippen LogP contribution in [0.4, 0.5) is 18.9 Å². The second kappa shape index (κ2) is 7.13. The van der Waals surface area contributed by atoms with Crippen LogP contribution >= 0.6 is 11.6 Å². The lowest BCUT2D eigenvalue weighted by Crippen LogP contribution is -2.12. The first-order chi connectivity index (χ1) is 12.3. The van der Waals surface area contributed by atoms with Crippen molar-refractivity contribution in [3.8, 4) is 11.3 Å². The summed E-state index contributed by atoms with van der Waals surface area (Å²) >= 11 is 5.89. The van der Waals surface area contributed by atoms with Crippen molar-refractivity contribution in [3.05, 3.63) is 77.2 Å². The highest BCUT2D eigenvalue weighted by atomic mass is 35.5. The summed E-state index contributed by atoms with van der Waals surface area (Å²) in [6, 6.07) is 11.2. The third kappa shape index (κ3) is 4.00. The van der Waals surface area contributed by atoms with Gasteiger partial charge in [-0.15, -0.1) is 0 Å². The Labute approximate surface area is 151 Å². The number of nitrogens with one attached hydrogen (secondary N) is 1. The maximum atomic E-state index is 12.8. The first kappa shape index (κ1) is 17.9. The fourth-order valence-corrected chi connectivity index (χ4v) is 2.40. The van der Waals surface area contributed by atoms with Crippen molar-refractivity contribution in [1.82, 2.24) is 9.97 Å². The molecule has 0 saturated carbocycles. The summed E-state index contributed by atoms with van der Waals surface area (Å²) in [5, 5.41) is 2.77. The molecule has 0 aliphatic heterocycles. The van der Waals surface area contributed by atoms with E-state index in [1.807, 2.05) is 0 Å². The molecule has 8 heteroatoms. The van der Waals surface area contributed by atoms with Gasteiger partial charge in [-0.2, -0.15) is 13.2 Å². The van der Waals surface area contributed by atoms with Crippen LogP contribution in [0.15, 0.2) is 60.9 Å². The second-order valence-corrected chi connectivity index (χ2v) is 5.66. The van der Waals surface area contributed by atoms with Gasteiger partial charge >= 0.3 is 6.18 Å². The Kier molecular flexibility index (Phi) is 4.90. The number of carbonyl (C=O) groups is 1. The molecule has 0 fully saturated rings. The zero-order chi connectivity index (χ0) is 18.7.